The van der Waals surface area contributed by atoms with Gasteiger partial charge in [0.25, 0.3) is 0 Å². The van der Waals surface area contributed by atoms with E-state index in [4.69, 9.17) is 4.42 Å². The molecule has 1 heterocycles. The summed E-state index contributed by atoms with van der Waals surface area (Å²) < 4.78 is 5.77. The Balaban J connectivity index is 2.36. The van der Waals surface area contributed by atoms with Gasteiger partial charge >= 0.3 is 0 Å². The molecule has 1 aromatic carbocycles. The number of aryl methyl sites for hydroxylation is 1. The summed E-state index contributed by atoms with van der Waals surface area (Å²) in [4.78, 5) is 11.9. The summed E-state index contributed by atoms with van der Waals surface area (Å²) in [5.41, 5.74) is 1.71. The van der Waals surface area contributed by atoms with Crippen LogP contribution in [0.25, 0.3) is 0 Å². The lowest BCUT2D eigenvalue weighted by atomic mass is 10.1. The highest BCUT2D eigenvalue weighted by Crippen LogP contribution is 2.17. The third-order valence-electron chi connectivity index (χ3n) is 2.08. The van der Waals surface area contributed by atoms with Gasteiger partial charge in [-0.15, -0.1) is 0 Å². The smallest absolute Gasteiger partial charge is 0.228 e. The van der Waals surface area contributed by atoms with Crippen molar-refractivity contribution in [3.05, 3.63) is 58.0 Å². The maximum absolute atomic E-state index is 11.9. The molecule has 2 aromatic rings. The predicted octanol–water partition coefficient (Wildman–Crippen LogP) is 3.58. The molecule has 0 N–H and O–H groups in total. The molecule has 0 radical (unpaired) electrons. The number of halogens is 1. The molecule has 0 spiro atoms. The lowest BCUT2D eigenvalue weighted by molar-refractivity contribution is 0.101. The summed E-state index contributed by atoms with van der Waals surface area (Å²) in [7, 11) is 0. The van der Waals surface area contributed by atoms with Gasteiger partial charge in [-0.2, -0.15) is 0 Å². The fraction of sp³-hybridized carbons (Fsp3) is 0.0833. The molecular formula is C12H9BrO2. The molecule has 0 fully saturated rings. The minimum absolute atomic E-state index is 0.0931. The van der Waals surface area contributed by atoms with E-state index in [2.05, 4.69) is 15.9 Å². The van der Waals surface area contributed by atoms with E-state index in [0.29, 0.717) is 16.0 Å². The van der Waals surface area contributed by atoms with Crippen LogP contribution >= 0.6 is 15.9 Å². The maximum Gasteiger partial charge on any atom is 0.228 e. The van der Waals surface area contributed by atoms with Crippen LogP contribution in [0, 0.1) is 6.92 Å². The zero-order valence-electron chi connectivity index (χ0n) is 8.16. The van der Waals surface area contributed by atoms with Gasteiger partial charge in [0.2, 0.25) is 5.78 Å². The third kappa shape index (κ3) is 2.18. The molecule has 2 rings (SSSR count). The monoisotopic (exact) mass is 264 g/mol. The van der Waals surface area contributed by atoms with Crippen molar-refractivity contribution in [2.24, 2.45) is 0 Å². The third-order valence-corrected chi connectivity index (χ3v) is 2.50. The Bertz CT molecular complexity index is 500. The van der Waals surface area contributed by atoms with E-state index < -0.39 is 0 Å². The SMILES string of the molecule is Cc1cccc(C(=O)c2ccc(Br)o2)c1. The van der Waals surface area contributed by atoms with E-state index in [1.54, 1.807) is 18.2 Å². The average molecular weight is 265 g/mol. The number of benzene rings is 1. The topological polar surface area (TPSA) is 30.2 Å². The van der Waals surface area contributed by atoms with E-state index in [9.17, 15) is 4.79 Å². The van der Waals surface area contributed by atoms with Crippen molar-refractivity contribution in [1.29, 1.82) is 0 Å². The van der Waals surface area contributed by atoms with Crippen LogP contribution in [0.15, 0.2) is 45.5 Å². The fourth-order valence-corrected chi connectivity index (χ4v) is 1.67. The summed E-state index contributed by atoms with van der Waals surface area (Å²) in [5, 5.41) is 0. The van der Waals surface area contributed by atoms with Crippen molar-refractivity contribution in [3.63, 3.8) is 0 Å². The Hall–Kier alpha value is -1.35. The molecule has 0 atom stereocenters. The molecule has 1 aromatic heterocycles. The Morgan fingerprint density at radius 2 is 2.07 bits per heavy atom. The van der Waals surface area contributed by atoms with Gasteiger partial charge in [0.1, 0.15) is 0 Å². The summed E-state index contributed by atoms with van der Waals surface area (Å²) in [6.07, 6.45) is 0. The molecule has 0 aliphatic carbocycles. The number of carbonyl (C=O) groups excluding carboxylic acids is 1. The number of hydrogen-bond acceptors (Lipinski definition) is 2. The number of rotatable bonds is 2. The molecule has 0 bridgehead atoms. The second-order valence-electron chi connectivity index (χ2n) is 3.30. The Labute approximate surface area is 96.0 Å². The minimum Gasteiger partial charge on any atom is -0.446 e. The number of furan rings is 1. The molecule has 76 valence electrons. The van der Waals surface area contributed by atoms with Gasteiger partial charge in [-0.1, -0.05) is 23.8 Å². The quantitative estimate of drug-likeness (QED) is 0.777. The largest absolute Gasteiger partial charge is 0.446 e. The first-order chi connectivity index (χ1) is 7.16. The number of ketones is 1. The van der Waals surface area contributed by atoms with Crippen LogP contribution < -0.4 is 0 Å². The molecule has 0 unspecified atom stereocenters. The van der Waals surface area contributed by atoms with Gasteiger partial charge in [0.15, 0.2) is 10.4 Å². The van der Waals surface area contributed by atoms with Crippen LogP contribution in [0.3, 0.4) is 0 Å². The molecule has 15 heavy (non-hydrogen) atoms. The Morgan fingerprint density at radius 1 is 1.27 bits per heavy atom. The van der Waals surface area contributed by atoms with Gasteiger partial charge in [0.05, 0.1) is 0 Å². The highest BCUT2D eigenvalue weighted by molar-refractivity contribution is 9.10. The van der Waals surface area contributed by atoms with Gasteiger partial charge in [-0.05, 0) is 41.1 Å². The molecular weight excluding hydrogens is 256 g/mol. The molecule has 3 heteroatoms. The zero-order valence-corrected chi connectivity index (χ0v) is 9.74. The van der Waals surface area contributed by atoms with Gasteiger partial charge < -0.3 is 4.42 Å². The Morgan fingerprint density at radius 3 is 2.67 bits per heavy atom. The van der Waals surface area contributed by atoms with Gasteiger partial charge in [-0.3, -0.25) is 4.79 Å². The van der Waals surface area contributed by atoms with Crippen molar-refractivity contribution in [2.45, 2.75) is 6.92 Å². The van der Waals surface area contributed by atoms with Crippen LogP contribution in [0.5, 0.6) is 0 Å². The highest BCUT2D eigenvalue weighted by atomic mass is 79.9. The second kappa shape index (κ2) is 4.03. The highest BCUT2D eigenvalue weighted by Gasteiger charge is 2.12. The lowest BCUT2D eigenvalue weighted by Gasteiger charge is -1.98. The van der Waals surface area contributed by atoms with Gasteiger partial charge in [-0.25, -0.2) is 0 Å². The zero-order chi connectivity index (χ0) is 10.8. The molecule has 0 saturated carbocycles. The van der Waals surface area contributed by atoms with Crippen LogP contribution in [0.2, 0.25) is 0 Å². The molecule has 0 amide bonds. The van der Waals surface area contributed by atoms with Crippen LogP contribution in [0.4, 0.5) is 0 Å². The minimum atomic E-state index is -0.0931. The molecule has 0 aliphatic rings. The predicted molar refractivity (Wildman–Crippen MR) is 61.0 cm³/mol. The standard InChI is InChI=1S/C12H9BrO2/c1-8-3-2-4-9(7-8)12(14)10-5-6-11(13)15-10/h2-7H,1H3. The first-order valence-electron chi connectivity index (χ1n) is 4.53. The first kappa shape index (κ1) is 10.2. The summed E-state index contributed by atoms with van der Waals surface area (Å²) in [6.45, 7) is 1.95. The summed E-state index contributed by atoms with van der Waals surface area (Å²) in [6, 6.07) is 10.8. The average Bonchev–Trinajstić information content (AvgIpc) is 2.64. The van der Waals surface area contributed by atoms with Crippen molar-refractivity contribution >= 4 is 21.7 Å². The first-order valence-corrected chi connectivity index (χ1v) is 5.33. The van der Waals surface area contributed by atoms with Gasteiger partial charge in [0, 0.05) is 5.56 Å². The van der Waals surface area contributed by atoms with E-state index in [0.717, 1.165) is 5.56 Å². The van der Waals surface area contributed by atoms with E-state index in [1.807, 2.05) is 25.1 Å². The van der Waals surface area contributed by atoms with E-state index >= 15 is 0 Å². The Kier molecular flexibility index (Phi) is 2.73. The van der Waals surface area contributed by atoms with Crippen molar-refractivity contribution < 1.29 is 9.21 Å². The summed E-state index contributed by atoms with van der Waals surface area (Å²) >= 11 is 3.17. The number of carbonyl (C=O) groups is 1. The normalized spacial score (nSPS) is 10.3. The van der Waals surface area contributed by atoms with Crippen molar-refractivity contribution in [2.75, 3.05) is 0 Å². The molecule has 0 saturated heterocycles. The summed E-state index contributed by atoms with van der Waals surface area (Å²) in [5.74, 6) is 0.261. The fourth-order valence-electron chi connectivity index (χ4n) is 1.36. The van der Waals surface area contributed by atoms with E-state index in [-0.39, 0.29) is 5.78 Å². The lowest BCUT2D eigenvalue weighted by Crippen LogP contribution is -1.99. The molecule has 2 nitrogen and oxygen atoms in total. The van der Waals surface area contributed by atoms with Crippen LogP contribution in [0.1, 0.15) is 21.7 Å². The van der Waals surface area contributed by atoms with Crippen LogP contribution in [-0.4, -0.2) is 5.78 Å². The van der Waals surface area contributed by atoms with Crippen molar-refractivity contribution in [3.8, 4) is 0 Å². The van der Waals surface area contributed by atoms with Crippen molar-refractivity contribution in [1.82, 2.24) is 0 Å². The second-order valence-corrected chi connectivity index (χ2v) is 4.08. The number of hydrogen-bond donors (Lipinski definition) is 0. The maximum atomic E-state index is 11.9. The molecule has 0 aliphatic heterocycles. The van der Waals surface area contributed by atoms with Crippen LogP contribution in [-0.2, 0) is 0 Å². The van der Waals surface area contributed by atoms with E-state index in [1.165, 1.54) is 0 Å².